The maximum absolute atomic E-state index is 13.9. The van der Waals surface area contributed by atoms with Crippen LogP contribution in [0.3, 0.4) is 0 Å². The number of aromatic nitrogens is 3. The summed E-state index contributed by atoms with van der Waals surface area (Å²) in [4.78, 5) is 2.78. The van der Waals surface area contributed by atoms with E-state index in [1.54, 1.807) is 113 Å². The number of rotatable bonds is 4. The van der Waals surface area contributed by atoms with Crippen molar-refractivity contribution in [1.29, 1.82) is 15.8 Å². The number of nitrogens with zero attached hydrogens (tertiary/aromatic N) is 5. The van der Waals surface area contributed by atoms with Crippen molar-refractivity contribution < 1.29 is 39.5 Å². The van der Waals surface area contributed by atoms with Crippen molar-refractivity contribution in [3.8, 4) is 40.7 Å². The number of para-hydroxylation sites is 2. The predicted molar refractivity (Wildman–Crippen MR) is 254 cm³/mol. The van der Waals surface area contributed by atoms with Gasteiger partial charge in [-0.1, -0.05) is 86.0 Å². The number of fused-ring (bicyclic) bond motifs is 7. The molecule has 0 aliphatic carbocycles. The van der Waals surface area contributed by atoms with Gasteiger partial charge < -0.3 is 14.1 Å². The molecular formula is C55H33F9N6. The average molecular weight is 949 g/mol. The number of benzene rings is 7. The van der Waals surface area contributed by atoms with E-state index < -0.39 is 35.2 Å². The minimum atomic E-state index is -4.60. The predicted octanol–water partition coefficient (Wildman–Crippen LogP) is 16.2. The van der Waals surface area contributed by atoms with Crippen LogP contribution in [0.25, 0.3) is 83.1 Å². The standard InChI is InChI=1S/C40H20F6N4.C11H8F3N.C4H5N/c41-39(42,43)27-13-15-31-29-5-1-3-7-33(29)49(37(31)19-27)35-17-23(9-11-25(35)21-47)24-10-12-26(22-48)36(18-24)50-34-8-4-2-6-30(34)32-16-14-28(20-38(32)50)40(44,45)46;1-2-7-6-15-10-5-8(11(12,13)14)3-4-9(7)10;1-4(2)3-5/h1-20H;2-6,15H,1H2;1H2,2H3. The molecule has 10 aromatic rings. The molecule has 346 valence electrons. The van der Waals surface area contributed by atoms with E-state index in [0.29, 0.717) is 66.2 Å². The molecule has 3 aromatic heterocycles. The first-order valence-corrected chi connectivity index (χ1v) is 20.9. The molecule has 0 spiro atoms. The first-order chi connectivity index (χ1) is 33.3. The van der Waals surface area contributed by atoms with Crippen LogP contribution in [0.15, 0.2) is 164 Å². The lowest BCUT2D eigenvalue weighted by Gasteiger charge is -2.15. The molecule has 0 bridgehead atoms. The lowest BCUT2D eigenvalue weighted by molar-refractivity contribution is -0.138. The maximum Gasteiger partial charge on any atom is 0.416 e. The molecule has 1 N–H and O–H groups in total. The topological polar surface area (TPSA) is 97.0 Å². The molecular weight excluding hydrogens is 916 g/mol. The van der Waals surface area contributed by atoms with Gasteiger partial charge in [-0.05, 0) is 96.4 Å². The smallest absolute Gasteiger partial charge is 0.361 e. The third-order valence-corrected chi connectivity index (χ3v) is 11.5. The van der Waals surface area contributed by atoms with Gasteiger partial charge in [-0.3, -0.25) is 0 Å². The molecule has 0 atom stereocenters. The van der Waals surface area contributed by atoms with Gasteiger partial charge in [0.1, 0.15) is 12.1 Å². The molecule has 0 fully saturated rings. The number of alkyl halides is 9. The first kappa shape index (κ1) is 47.5. The quantitative estimate of drug-likeness (QED) is 0.141. The molecule has 0 aliphatic heterocycles. The van der Waals surface area contributed by atoms with Gasteiger partial charge in [-0.15, -0.1) is 0 Å². The number of nitrogens with one attached hydrogen (secondary N) is 1. The van der Waals surface area contributed by atoms with Crippen molar-refractivity contribution in [2.24, 2.45) is 0 Å². The molecule has 70 heavy (non-hydrogen) atoms. The molecule has 6 nitrogen and oxygen atoms in total. The van der Waals surface area contributed by atoms with Gasteiger partial charge in [0, 0.05) is 44.2 Å². The molecule has 0 amide bonds. The van der Waals surface area contributed by atoms with Gasteiger partial charge in [0.25, 0.3) is 0 Å². The maximum atomic E-state index is 13.9. The lowest BCUT2D eigenvalue weighted by Crippen LogP contribution is -2.05. The largest absolute Gasteiger partial charge is 0.416 e. The first-order valence-electron chi connectivity index (χ1n) is 20.9. The van der Waals surface area contributed by atoms with Crippen LogP contribution in [-0.2, 0) is 18.5 Å². The van der Waals surface area contributed by atoms with Crippen LogP contribution in [0.2, 0.25) is 0 Å². The van der Waals surface area contributed by atoms with Gasteiger partial charge in [0.05, 0.1) is 67.3 Å². The van der Waals surface area contributed by atoms with Crippen LogP contribution >= 0.6 is 0 Å². The Bertz CT molecular complexity index is 3650. The highest BCUT2D eigenvalue weighted by Crippen LogP contribution is 2.41. The molecule has 3 heterocycles. The summed E-state index contributed by atoms with van der Waals surface area (Å²) in [5.74, 6) is 0. The van der Waals surface area contributed by atoms with Gasteiger partial charge in [0.2, 0.25) is 0 Å². The summed E-state index contributed by atoms with van der Waals surface area (Å²) < 4.78 is 124. The molecule has 10 rings (SSSR count). The monoisotopic (exact) mass is 948 g/mol. The summed E-state index contributed by atoms with van der Waals surface area (Å²) in [6, 6.07) is 41.0. The summed E-state index contributed by atoms with van der Waals surface area (Å²) in [6.45, 7) is 8.56. The second-order valence-corrected chi connectivity index (χ2v) is 16.0. The second kappa shape index (κ2) is 18.2. The Labute approximate surface area is 392 Å². The number of aromatic amines is 1. The number of hydrogen-bond acceptors (Lipinski definition) is 3. The van der Waals surface area contributed by atoms with E-state index in [0.717, 1.165) is 47.3 Å². The highest BCUT2D eigenvalue weighted by Gasteiger charge is 2.33. The van der Waals surface area contributed by atoms with Crippen LogP contribution in [0.4, 0.5) is 39.5 Å². The summed E-state index contributed by atoms with van der Waals surface area (Å²) >= 11 is 0. The second-order valence-electron chi connectivity index (χ2n) is 16.0. The normalized spacial score (nSPS) is 11.6. The van der Waals surface area contributed by atoms with E-state index in [4.69, 9.17) is 5.26 Å². The zero-order valence-corrected chi connectivity index (χ0v) is 36.5. The third kappa shape index (κ3) is 8.94. The van der Waals surface area contributed by atoms with Gasteiger partial charge in [-0.25, -0.2) is 0 Å². The van der Waals surface area contributed by atoms with Crippen LogP contribution in [0.5, 0.6) is 0 Å². The summed E-state index contributed by atoms with van der Waals surface area (Å²) in [5.41, 5.74) is 3.50. The molecule has 0 saturated heterocycles. The van der Waals surface area contributed by atoms with Crippen LogP contribution in [-0.4, -0.2) is 14.1 Å². The van der Waals surface area contributed by atoms with Crippen LogP contribution in [0, 0.1) is 34.0 Å². The van der Waals surface area contributed by atoms with Crippen LogP contribution < -0.4 is 0 Å². The molecule has 0 unspecified atom stereocenters. The van der Waals surface area contributed by atoms with Crippen LogP contribution in [0.1, 0.15) is 40.3 Å². The Balaban J connectivity index is 0.000000274. The Kier molecular flexibility index (Phi) is 12.4. The molecule has 7 aromatic carbocycles. The molecule has 0 saturated carbocycles. The Morgan fingerprint density at radius 1 is 0.514 bits per heavy atom. The van der Waals surface area contributed by atoms with E-state index >= 15 is 0 Å². The summed E-state index contributed by atoms with van der Waals surface area (Å²) in [5, 5.41) is 31.4. The zero-order valence-electron chi connectivity index (χ0n) is 36.5. The van der Waals surface area contributed by atoms with Gasteiger partial charge in [0.15, 0.2) is 0 Å². The number of hydrogen-bond donors (Lipinski definition) is 1. The van der Waals surface area contributed by atoms with Crippen molar-refractivity contribution in [3.63, 3.8) is 0 Å². The highest BCUT2D eigenvalue weighted by molar-refractivity contribution is 6.11. The SMILES string of the molecule is C=C(C)C#N.C=Cc1c[nH]c2cc(C(F)(F)F)ccc12.N#Cc1ccc(-c2ccc(C#N)c(-n3c4ccccc4c4ccc(C(F)(F)F)cc43)c2)cc1-n1c2ccccc2c2ccc(C(F)(F)F)cc21. The van der Waals surface area contributed by atoms with Crippen molar-refractivity contribution in [2.45, 2.75) is 25.5 Å². The van der Waals surface area contributed by atoms with Crippen molar-refractivity contribution >= 4 is 60.6 Å². The highest BCUT2D eigenvalue weighted by atomic mass is 19.4. The Hall–Kier alpha value is -9.00. The average Bonchev–Trinajstić information content (AvgIpc) is 4.02. The molecule has 0 aliphatic rings. The minimum absolute atomic E-state index is 0.213. The van der Waals surface area contributed by atoms with Gasteiger partial charge in [-0.2, -0.15) is 55.3 Å². The van der Waals surface area contributed by atoms with Gasteiger partial charge >= 0.3 is 18.5 Å². The fraction of sp³-hybridized carbons (Fsp3) is 0.0727. The molecule has 15 heteroatoms. The molecule has 0 radical (unpaired) electrons. The Morgan fingerprint density at radius 3 is 1.29 bits per heavy atom. The third-order valence-electron chi connectivity index (χ3n) is 11.5. The van der Waals surface area contributed by atoms with E-state index in [1.165, 1.54) is 18.2 Å². The van der Waals surface area contributed by atoms with E-state index in [1.807, 2.05) is 6.07 Å². The van der Waals surface area contributed by atoms with E-state index in [2.05, 4.69) is 30.3 Å². The fourth-order valence-electron chi connectivity index (χ4n) is 8.29. The van der Waals surface area contributed by atoms with Crippen molar-refractivity contribution in [2.75, 3.05) is 0 Å². The number of H-pyrrole nitrogens is 1. The van der Waals surface area contributed by atoms with Crippen molar-refractivity contribution in [1.82, 2.24) is 14.1 Å². The minimum Gasteiger partial charge on any atom is -0.361 e. The Morgan fingerprint density at radius 2 is 0.900 bits per heavy atom. The van der Waals surface area contributed by atoms with E-state index in [9.17, 15) is 50.0 Å². The zero-order chi connectivity index (χ0) is 50.3. The number of nitriles is 3. The summed E-state index contributed by atoms with van der Waals surface area (Å²) in [7, 11) is 0. The van der Waals surface area contributed by atoms with Crippen molar-refractivity contribution in [3.05, 3.63) is 198 Å². The number of allylic oxidation sites excluding steroid dienone is 1. The fourth-order valence-corrected chi connectivity index (χ4v) is 8.29. The number of halogens is 9. The van der Waals surface area contributed by atoms with E-state index in [-0.39, 0.29) is 22.2 Å². The lowest BCUT2D eigenvalue weighted by atomic mass is 9.99. The summed E-state index contributed by atoms with van der Waals surface area (Å²) in [6.07, 6.45) is -10.2.